The van der Waals surface area contributed by atoms with Crippen molar-refractivity contribution in [2.75, 3.05) is 0 Å². The summed E-state index contributed by atoms with van der Waals surface area (Å²) in [5, 5.41) is 16.8. The quantitative estimate of drug-likeness (QED) is 0.902. The summed E-state index contributed by atoms with van der Waals surface area (Å²) in [6.45, 7) is 4.04. The van der Waals surface area contributed by atoms with Gasteiger partial charge in [-0.15, -0.1) is 5.10 Å². The van der Waals surface area contributed by atoms with E-state index in [-0.39, 0.29) is 11.8 Å². The fourth-order valence-electron chi connectivity index (χ4n) is 2.89. The maximum atomic E-state index is 9.54. The summed E-state index contributed by atoms with van der Waals surface area (Å²) < 4.78 is 10.9. The van der Waals surface area contributed by atoms with E-state index in [1.165, 1.54) is 0 Å². The van der Waals surface area contributed by atoms with Crippen LogP contribution in [0, 0.1) is 11.3 Å². The lowest BCUT2D eigenvalue weighted by Crippen LogP contribution is -2.21. The van der Waals surface area contributed by atoms with Gasteiger partial charge in [0.15, 0.2) is 0 Å². The maximum absolute atomic E-state index is 9.54. The molecule has 0 saturated carbocycles. The van der Waals surface area contributed by atoms with Gasteiger partial charge in [-0.2, -0.15) is 5.26 Å². The van der Waals surface area contributed by atoms with Crippen LogP contribution in [-0.4, -0.2) is 10.2 Å². The summed E-state index contributed by atoms with van der Waals surface area (Å²) in [6.07, 6.45) is 5.32. The highest BCUT2D eigenvalue weighted by molar-refractivity contribution is 5.60. The van der Waals surface area contributed by atoms with Gasteiger partial charge in [-0.25, -0.2) is 0 Å². The number of hydrogen-bond acceptors (Lipinski definition) is 5. The van der Waals surface area contributed by atoms with Crippen molar-refractivity contribution in [1.29, 1.82) is 5.26 Å². The van der Waals surface area contributed by atoms with Crippen LogP contribution >= 0.6 is 0 Å². The number of allylic oxidation sites excluding steroid dienone is 2. The van der Waals surface area contributed by atoms with Gasteiger partial charge in [0.2, 0.25) is 11.8 Å². The largest absolute Gasteiger partial charge is 0.465 e. The Kier molecular flexibility index (Phi) is 3.94. The van der Waals surface area contributed by atoms with Gasteiger partial charge in [-0.3, -0.25) is 5.10 Å². The molecular weight excluding hydrogens is 292 g/mol. The topological polar surface area (TPSA) is 101 Å². The number of aromatic nitrogens is 2. The van der Waals surface area contributed by atoms with E-state index in [1.54, 1.807) is 6.26 Å². The molecule has 0 amide bonds. The van der Waals surface area contributed by atoms with Crippen LogP contribution in [0.5, 0.6) is 5.88 Å². The monoisotopic (exact) mass is 310 g/mol. The minimum atomic E-state index is -0.283. The standard InChI is InChI=1S/C17H18N4O2/c1-3-5-13-15-14(10(2)8-11-6-4-7-22-11)12(9-18)16(19)23-17(15)21-20-13/h4,6-8,14H,3,5,19H2,1-2H3,(H,20,21)/b10-8+/t14-/m0/s1. The maximum Gasteiger partial charge on any atom is 0.244 e. The van der Waals surface area contributed by atoms with Gasteiger partial charge >= 0.3 is 0 Å². The van der Waals surface area contributed by atoms with Crippen molar-refractivity contribution >= 4 is 6.08 Å². The molecule has 0 bridgehead atoms. The summed E-state index contributed by atoms with van der Waals surface area (Å²) in [5.74, 6) is 0.995. The molecule has 2 aromatic rings. The molecular formula is C17H18N4O2. The number of nitrogens with one attached hydrogen (secondary N) is 1. The minimum absolute atomic E-state index is 0.103. The summed E-state index contributed by atoms with van der Waals surface area (Å²) in [6, 6.07) is 5.87. The second-order valence-corrected chi connectivity index (χ2v) is 5.50. The first-order valence-electron chi connectivity index (χ1n) is 7.52. The Morgan fingerprint density at radius 1 is 1.57 bits per heavy atom. The highest BCUT2D eigenvalue weighted by Gasteiger charge is 2.34. The molecule has 0 unspecified atom stereocenters. The van der Waals surface area contributed by atoms with E-state index < -0.39 is 0 Å². The van der Waals surface area contributed by atoms with Crippen LogP contribution in [0.4, 0.5) is 0 Å². The van der Waals surface area contributed by atoms with E-state index in [0.29, 0.717) is 11.5 Å². The summed E-state index contributed by atoms with van der Waals surface area (Å²) in [7, 11) is 0. The Hall–Kier alpha value is -2.94. The first-order chi connectivity index (χ1) is 11.2. The average Bonchev–Trinajstić information content (AvgIpc) is 3.16. The van der Waals surface area contributed by atoms with Gasteiger partial charge in [0.1, 0.15) is 17.4 Å². The number of H-pyrrole nitrogens is 1. The Morgan fingerprint density at radius 2 is 2.39 bits per heavy atom. The summed E-state index contributed by atoms with van der Waals surface area (Å²) >= 11 is 0. The lowest BCUT2D eigenvalue weighted by Gasteiger charge is -2.24. The van der Waals surface area contributed by atoms with Gasteiger partial charge in [-0.05, 0) is 31.6 Å². The van der Waals surface area contributed by atoms with Crippen molar-refractivity contribution < 1.29 is 9.15 Å². The summed E-state index contributed by atoms with van der Waals surface area (Å²) in [5.41, 5.74) is 9.13. The first-order valence-corrected chi connectivity index (χ1v) is 7.52. The van der Waals surface area contributed by atoms with E-state index >= 15 is 0 Å². The zero-order chi connectivity index (χ0) is 16.4. The lowest BCUT2D eigenvalue weighted by atomic mass is 9.83. The van der Waals surface area contributed by atoms with E-state index in [9.17, 15) is 5.26 Å². The van der Waals surface area contributed by atoms with Crippen molar-refractivity contribution in [2.24, 2.45) is 5.73 Å². The average molecular weight is 310 g/mol. The first kappa shape index (κ1) is 15.0. The third-order valence-corrected chi connectivity index (χ3v) is 3.89. The zero-order valence-corrected chi connectivity index (χ0v) is 13.1. The molecule has 6 heteroatoms. The van der Waals surface area contributed by atoms with Gasteiger partial charge in [-0.1, -0.05) is 18.9 Å². The van der Waals surface area contributed by atoms with Crippen LogP contribution in [-0.2, 0) is 6.42 Å². The molecule has 3 rings (SSSR count). The van der Waals surface area contributed by atoms with Crippen LogP contribution in [0.25, 0.3) is 6.08 Å². The van der Waals surface area contributed by atoms with Crippen molar-refractivity contribution in [3.05, 3.63) is 52.4 Å². The predicted molar refractivity (Wildman–Crippen MR) is 85.1 cm³/mol. The van der Waals surface area contributed by atoms with Gasteiger partial charge in [0.05, 0.1) is 12.2 Å². The van der Waals surface area contributed by atoms with Crippen LogP contribution in [0.2, 0.25) is 0 Å². The van der Waals surface area contributed by atoms with Crippen LogP contribution in [0.3, 0.4) is 0 Å². The molecule has 0 fully saturated rings. The molecule has 0 saturated heterocycles. The predicted octanol–water partition coefficient (Wildman–Crippen LogP) is 3.23. The van der Waals surface area contributed by atoms with Gasteiger partial charge < -0.3 is 14.9 Å². The number of nitrogens with zero attached hydrogens (tertiary/aromatic N) is 2. The van der Waals surface area contributed by atoms with E-state index in [1.807, 2.05) is 25.1 Å². The number of aromatic amines is 1. The molecule has 0 radical (unpaired) electrons. The Balaban J connectivity index is 2.12. The van der Waals surface area contributed by atoms with Crippen molar-refractivity contribution in [3.8, 4) is 11.9 Å². The number of nitriles is 1. The zero-order valence-electron chi connectivity index (χ0n) is 13.1. The molecule has 3 N–H and O–H groups in total. The van der Waals surface area contributed by atoms with Crippen molar-refractivity contribution in [2.45, 2.75) is 32.6 Å². The highest BCUT2D eigenvalue weighted by atomic mass is 16.5. The second kappa shape index (κ2) is 6.05. The number of ether oxygens (including phenoxy) is 1. The number of hydrogen-bond donors (Lipinski definition) is 2. The summed E-state index contributed by atoms with van der Waals surface area (Å²) in [4.78, 5) is 0. The highest BCUT2D eigenvalue weighted by Crippen LogP contribution is 2.43. The number of rotatable bonds is 4. The molecule has 0 aliphatic carbocycles. The second-order valence-electron chi connectivity index (χ2n) is 5.50. The van der Waals surface area contributed by atoms with Gasteiger partial charge in [0, 0.05) is 11.3 Å². The third-order valence-electron chi connectivity index (χ3n) is 3.89. The Labute approximate surface area is 134 Å². The number of nitrogens with two attached hydrogens (primary N) is 1. The van der Waals surface area contributed by atoms with Crippen LogP contribution in [0.1, 0.15) is 43.2 Å². The number of aryl methyl sites for hydroxylation is 1. The van der Waals surface area contributed by atoms with Crippen molar-refractivity contribution in [1.82, 2.24) is 10.2 Å². The molecule has 1 aliphatic rings. The molecule has 0 spiro atoms. The van der Waals surface area contributed by atoms with Crippen LogP contribution < -0.4 is 10.5 Å². The smallest absolute Gasteiger partial charge is 0.244 e. The Bertz CT molecular complexity index is 806. The van der Waals surface area contributed by atoms with E-state index in [4.69, 9.17) is 14.9 Å². The molecule has 6 nitrogen and oxygen atoms in total. The van der Waals surface area contributed by atoms with Gasteiger partial charge in [0.25, 0.3) is 0 Å². The van der Waals surface area contributed by atoms with E-state index in [2.05, 4.69) is 23.2 Å². The van der Waals surface area contributed by atoms with Crippen LogP contribution in [0.15, 0.2) is 39.8 Å². The van der Waals surface area contributed by atoms with Crippen molar-refractivity contribution in [3.63, 3.8) is 0 Å². The molecule has 118 valence electrons. The minimum Gasteiger partial charge on any atom is -0.465 e. The number of fused-ring (bicyclic) bond motifs is 1. The van der Waals surface area contributed by atoms with E-state index in [0.717, 1.165) is 35.4 Å². The lowest BCUT2D eigenvalue weighted by molar-refractivity contribution is 0.378. The molecule has 2 aromatic heterocycles. The molecule has 3 heterocycles. The molecule has 1 atom stereocenters. The number of furan rings is 1. The molecule has 0 aromatic carbocycles. The fraction of sp³-hybridized carbons (Fsp3) is 0.294. The molecule has 1 aliphatic heterocycles. The SMILES string of the molecule is CCCc1[nH]nc2c1[C@@H](/C(C)=C/c1ccco1)C(C#N)=C(N)O2. The third kappa shape index (κ3) is 2.61. The normalized spacial score (nSPS) is 17.6. The molecule has 23 heavy (non-hydrogen) atoms. The fourth-order valence-corrected chi connectivity index (χ4v) is 2.89. The Morgan fingerprint density at radius 3 is 3.04 bits per heavy atom.